The minimum Gasteiger partial charge on any atom is -0.352 e. The number of nitrogens with one attached hydrogen (secondary N) is 1. The van der Waals surface area contributed by atoms with Gasteiger partial charge in [-0.2, -0.15) is 0 Å². The quantitative estimate of drug-likeness (QED) is 0.350. The molecule has 2 aromatic rings. The third-order valence-corrected chi connectivity index (χ3v) is 5.90. The molecule has 2 aromatic carbocycles. The zero-order valence-corrected chi connectivity index (χ0v) is 19.8. The summed E-state index contributed by atoms with van der Waals surface area (Å²) in [6, 6.07) is 11.6. The van der Waals surface area contributed by atoms with E-state index in [1.807, 2.05) is 23.1 Å². The second-order valence-corrected chi connectivity index (χ2v) is 7.78. The fourth-order valence-electron chi connectivity index (χ4n) is 4.34. The van der Waals surface area contributed by atoms with Gasteiger partial charge in [-0.3, -0.25) is 9.79 Å². The van der Waals surface area contributed by atoms with Crippen LogP contribution in [0.25, 0.3) is 0 Å². The third-order valence-electron chi connectivity index (χ3n) is 5.90. The van der Waals surface area contributed by atoms with Gasteiger partial charge in [0, 0.05) is 56.8 Å². The van der Waals surface area contributed by atoms with Gasteiger partial charge in [0.1, 0.15) is 11.6 Å². The van der Waals surface area contributed by atoms with Gasteiger partial charge >= 0.3 is 0 Å². The first kappa shape index (κ1) is 23.4. The zero-order valence-electron chi connectivity index (χ0n) is 17.5. The topological polar surface area (TPSA) is 47.9 Å². The molecule has 1 amide bonds. The average molecular weight is 540 g/mol. The van der Waals surface area contributed by atoms with E-state index < -0.39 is 11.6 Å². The van der Waals surface area contributed by atoms with Gasteiger partial charge in [-0.15, -0.1) is 24.0 Å². The number of rotatable bonds is 5. The van der Waals surface area contributed by atoms with Crippen LogP contribution < -0.4 is 10.2 Å². The number of benzene rings is 2. The van der Waals surface area contributed by atoms with E-state index in [1.165, 1.54) is 11.6 Å². The van der Waals surface area contributed by atoms with Crippen LogP contribution >= 0.6 is 24.0 Å². The maximum Gasteiger partial charge on any atom is 0.222 e. The molecule has 1 fully saturated rings. The van der Waals surface area contributed by atoms with Gasteiger partial charge < -0.3 is 15.1 Å². The van der Waals surface area contributed by atoms with Crippen molar-refractivity contribution in [1.82, 2.24) is 10.2 Å². The van der Waals surface area contributed by atoms with Gasteiger partial charge in [-0.25, -0.2) is 8.78 Å². The Morgan fingerprint density at radius 3 is 2.77 bits per heavy atom. The maximum atomic E-state index is 14.0. The standard InChI is InChI=1S/C23H26F2N4O.HI/c1-26-23(27-14-17-13-18(24)8-9-20(17)25)29-15-16(19-5-2-3-6-21(19)29)10-12-28-11-4-7-22(28)30;/h2-3,5-6,8-9,13,16H,4,7,10-12,14-15H2,1H3,(H,26,27);1H. The van der Waals surface area contributed by atoms with E-state index in [2.05, 4.69) is 21.3 Å². The van der Waals surface area contributed by atoms with Gasteiger partial charge in [0.05, 0.1) is 0 Å². The van der Waals surface area contributed by atoms with E-state index in [-0.39, 0.29) is 47.9 Å². The molecule has 4 rings (SSSR count). The minimum absolute atomic E-state index is 0. The normalized spacial score (nSPS) is 18.2. The summed E-state index contributed by atoms with van der Waals surface area (Å²) in [6.07, 6.45) is 2.48. The Kier molecular flexibility index (Phi) is 7.85. The monoisotopic (exact) mass is 540 g/mol. The second-order valence-electron chi connectivity index (χ2n) is 7.78. The number of fused-ring (bicyclic) bond motifs is 1. The molecular formula is C23H27F2IN4O. The van der Waals surface area contributed by atoms with E-state index in [0.717, 1.165) is 50.3 Å². The Bertz CT molecular complexity index is 968. The molecule has 2 aliphatic rings. The number of guanidine groups is 1. The van der Waals surface area contributed by atoms with Crippen molar-refractivity contribution in [3.8, 4) is 0 Å². The molecule has 0 aromatic heterocycles. The summed E-state index contributed by atoms with van der Waals surface area (Å²) in [5, 5.41) is 3.17. The predicted molar refractivity (Wildman–Crippen MR) is 129 cm³/mol. The number of anilines is 1. The SMILES string of the molecule is CN=C(NCc1cc(F)ccc1F)N1CC(CCN2CCCC2=O)c2ccccc21.I. The molecule has 1 saturated heterocycles. The average Bonchev–Trinajstić information content (AvgIpc) is 3.33. The molecule has 1 atom stereocenters. The van der Waals surface area contributed by atoms with Crippen LogP contribution in [-0.2, 0) is 11.3 Å². The van der Waals surface area contributed by atoms with Gasteiger partial charge in [-0.1, -0.05) is 18.2 Å². The molecule has 166 valence electrons. The lowest BCUT2D eigenvalue weighted by atomic mass is 9.98. The maximum absolute atomic E-state index is 14.0. The molecule has 5 nitrogen and oxygen atoms in total. The fraction of sp³-hybridized carbons (Fsp3) is 0.391. The van der Waals surface area contributed by atoms with Crippen molar-refractivity contribution < 1.29 is 13.6 Å². The fourth-order valence-corrected chi connectivity index (χ4v) is 4.34. The van der Waals surface area contributed by atoms with Crippen LogP contribution in [0, 0.1) is 11.6 Å². The number of halogens is 3. The predicted octanol–water partition coefficient (Wildman–Crippen LogP) is 4.27. The number of aliphatic imine (C=N–C) groups is 1. The number of hydrogen-bond acceptors (Lipinski definition) is 2. The van der Waals surface area contributed by atoms with Crippen molar-refractivity contribution in [2.75, 3.05) is 31.6 Å². The molecule has 0 radical (unpaired) electrons. The molecule has 1 N–H and O–H groups in total. The van der Waals surface area contributed by atoms with Crippen LogP contribution in [0.2, 0.25) is 0 Å². The summed E-state index contributed by atoms with van der Waals surface area (Å²) in [4.78, 5) is 20.4. The van der Waals surface area contributed by atoms with Crippen LogP contribution in [0.5, 0.6) is 0 Å². The van der Waals surface area contributed by atoms with Crippen LogP contribution in [0.1, 0.15) is 36.3 Å². The van der Waals surface area contributed by atoms with Crippen molar-refractivity contribution in [3.05, 3.63) is 65.2 Å². The van der Waals surface area contributed by atoms with Crippen LogP contribution in [-0.4, -0.2) is 43.4 Å². The molecule has 31 heavy (non-hydrogen) atoms. The van der Waals surface area contributed by atoms with Gasteiger partial charge in [0.15, 0.2) is 5.96 Å². The third kappa shape index (κ3) is 5.16. The largest absolute Gasteiger partial charge is 0.352 e. The number of hydrogen-bond donors (Lipinski definition) is 1. The highest BCUT2D eigenvalue weighted by Gasteiger charge is 2.32. The van der Waals surface area contributed by atoms with Crippen molar-refractivity contribution in [2.24, 2.45) is 4.99 Å². The minimum atomic E-state index is -0.466. The molecule has 0 spiro atoms. The molecule has 2 heterocycles. The summed E-state index contributed by atoms with van der Waals surface area (Å²) in [7, 11) is 1.68. The first-order chi connectivity index (χ1) is 14.6. The summed E-state index contributed by atoms with van der Waals surface area (Å²) in [5.41, 5.74) is 2.54. The number of amides is 1. The molecule has 8 heteroatoms. The highest BCUT2D eigenvalue weighted by atomic mass is 127. The lowest BCUT2D eigenvalue weighted by Gasteiger charge is -2.23. The van der Waals surface area contributed by atoms with Crippen molar-refractivity contribution in [3.63, 3.8) is 0 Å². The van der Waals surface area contributed by atoms with E-state index in [0.29, 0.717) is 12.4 Å². The summed E-state index contributed by atoms with van der Waals surface area (Å²) in [6.45, 7) is 2.47. The highest BCUT2D eigenvalue weighted by Crippen LogP contribution is 2.38. The Morgan fingerprint density at radius 1 is 1.23 bits per heavy atom. The van der Waals surface area contributed by atoms with E-state index in [9.17, 15) is 13.6 Å². The molecule has 0 aliphatic carbocycles. The molecule has 1 unspecified atom stereocenters. The number of carbonyl (C=O) groups is 1. The molecule has 0 saturated carbocycles. The van der Waals surface area contributed by atoms with Crippen molar-refractivity contribution >= 4 is 41.5 Å². The summed E-state index contributed by atoms with van der Waals surface area (Å²) >= 11 is 0. The van der Waals surface area contributed by atoms with Gasteiger partial charge in [-0.05, 0) is 42.7 Å². The number of nitrogens with zero attached hydrogens (tertiary/aromatic N) is 3. The van der Waals surface area contributed by atoms with Crippen LogP contribution in [0.4, 0.5) is 14.5 Å². The van der Waals surface area contributed by atoms with Crippen molar-refractivity contribution in [2.45, 2.75) is 31.7 Å². The van der Waals surface area contributed by atoms with Crippen molar-refractivity contribution in [1.29, 1.82) is 0 Å². The van der Waals surface area contributed by atoms with E-state index in [4.69, 9.17) is 0 Å². The highest BCUT2D eigenvalue weighted by molar-refractivity contribution is 14.0. The summed E-state index contributed by atoms with van der Waals surface area (Å²) < 4.78 is 27.5. The second kappa shape index (κ2) is 10.4. The van der Waals surface area contributed by atoms with Gasteiger partial charge in [0.25, 0.3) is 0 Å². The first-order valence-corrected chi connectivity index (χ1v) is 10.4. The van der Waals surface area contributed by atoms with Crippen LogP contribution in [0.15, 0.2) is 47.5 Å². The Labute approximate surface area is 198 Å². The zero-order chi connectivity index (χ0) is 21.1. The Balaban J connectivity index is 0.00000272. The lowest BCUT2D eigenvalue weighted by Crippen LogP contribution is -2.41. The molecule has 2 aliphatic heterocycles. The molecular weight excluding hydrogens is 513 g/mol. The Hall–Kier alpha value is -2.23. The lowest BCUT2D eigenvalue weighted by molar-refractivity contribution is -0.127. The number of carbonyl (C=O) groups excluding carboxylic acids is 1. The number of likely N-dealkylation sites (tertiary alicyclic amines) is 1. The van der Waals surface area contributed by atoms with E-state index in [1.54, 1.807) is 7.05 Å². The Morgan fingerprint density at radius 2 is 2.03 bits per heavy atom. The number of para-hydroxylation sites is 1. The van der Waals surface area contributed by atoms with Gasteiger partial charge in [0.2, 0.25) is 5.91 Å². The van der Waals surface area contributed by atoms with E-state index >= 15 is 0 Å². The first-order valence-electron chi connectivity index (χ1n) is 10.4. The van der Waals surface area contributed by atoms with Crippen LogP contribution in [0.3, 0.4) is 0 Å². The summed E-state index contributed by atoms with van der Waals surface area (Å²) in [5.74, 6) is 0.221. The molecule has 0 bridgehead atoms. The smallest absolute Gasteiger partial charge is 0.222 e.